The number of rotatable bonds is 4. The largest absolute Gasteiger partial charge is 0.313 e. The lowest BCUT2D eigenvalue weighted by atomic mass is 10.0. The van der Waals surface area contributed by atoms with Gasteiger partial charge < -0.3 is 5.32 Å². The zero-order valence-electron chi connectivity index (χ0n) is 8.29. The normalized spacial score (nSPS) is 11.8. The van der Waals surface area contributed by atoms with Crippen LogP contribution in [-0.2, 0) is 0 Å². The minimum Gasteiger partial charge on any atom is -0.313 e. The van der Waals surface area contributed by atoms with Crippen LogP contribution in [0.5, 0.6) is 0 Å². The molecule has 1 rings (SSSR count). The van der Waals surface area contributed by atoms with Crippen molar-refractivity contribution in [2.75, 3.05) is 7.05 Å². The summed E-state index contributed by atoms with van der Waals surface area (Å²) >= 11 is 0. The Hall–Kier alpha value is -0.530. The van der Waals surface area contributed by atoms with Crippen molar-refractivity contribution in [2.24, 2.45) is 0 Å². The number of hydrogen-bond acceptors (Lipinski definition) is 1. The molecule has 74 valence electrons. The molecule has 0 radical (unpaired) electrons. The van der Waals surface area contributed by atoms with Gasteiger partial charge in [-0.15, -0.1) is 12.4 Å². The highest BCUT2D eigenvalue weighted by Gasteiger charge is 2.05. The maximum atomic E-state index is 3.32. The monoisotopic (exact) mass is 199 g/mol. The van der Waals surface area contributed by atoms with Gasteiger partial charge in [0.2, 0.25) is 0 Å². The van der Waals surface area contributed by atoms with Gasteiger partial charge in [0.15, 0.2) is 0 Å². The van der Waals surface area contributed by atoms with Crippen LogP contribution in [0.4, 0.5) is 0 Å². The quantitative estimate of drug-likeness (QED) is 0.786. The summed E-state index contributed by atoms with van der Waals surface area (Å²) < 4.78 is 0. The molecule has 0 heterocycles. The highest BCUT2D eigenvalue weighted by molar-refractivity contribution is 5.85. The van der Waals surface area contributed by atoms with E-state index in [-0.39, 0.29) is 12.4 Å². The number of nitrogens with one attached hydrogen (secondary N) is 1. The molecule has 1 aromatic carbocycles. The van der Waals surface area contributed by atoms with Crippen LogP contribution in [0.2, 0.25) is 0 Å². The Balaban J connectivity index is 0.00000144. The first-order valence-electron chi connectivity index (χ1n) is 4.60. The summed E-state index contributed by atoms with van der Waals surface area (Å²) in [7, 11) is 2.02. The molecule has 0 spiro atoms. The molecule has 0 bridgehead atoms. The lowest BCUT2D eigenvalue weighted by molar-refractivity contribution is 0.541. The lowest BCUT2D eigenvalue weighted by Gasteiger charge is -2.14. The Morgan fingerprint density at radius 2 is 1.85 bits per heavy atom. The Kier molecular flexibility index (Phi) is 6.65. The molecule has 2 heteroatoms. The smallest absolute Gasteiger partial charge is 0.0317 e. The van der Waals surface area contributed by atoms with E-state index in [1.165, 1.54) is 18.4 Å². The van der Waals surface area contributed by atoms with Gasteiger partial charge in [0.05, 0.1) is 0 Å². The summed E-state index contributed by atoms with van der Waals surface area (Å²) in [6, 6.07) is 11.1. The van der Waals surface area contributed by atoms with E-state index in [0.717, 1.165) is 0 Å². The molecule has 1 unspecified atom stereocenters. The van der Waals surface area contributed by atoms with E-state index in [9.17, 15) is 0 Å². The van der Waals surface area contributed by atoms with E-state index in [0.29, 0.717) is 6.04 Å². The van der Waals surface area contributed by atoms with Gasteiger partial charge in [-0.05, 0) is 19.0 Å². The van der Waals surface area contributed by atoms with Crippen molar-refractivity contribution in [3.63, 3.8) is 0 Å². The van der Waals surface area contributed by atoms with E-state index < -0.39 is 0 Å². The molecule has 0 amide bonds. The number of benzene rings is 1. The maximum Gasteiger partial charge on any atom is 0.0317 e. The first-order valence-corrected chi connectivity index (χ1v) is 4.60. The maximum absolute atomic E-state index is 3.32. The van der Waals surface area contributed by atoms with E-state index in [1.807, 2.05) is 7.05 Å². The molecule has 0 saturated carbocycles. The van der Waals surface area contributed by atoms with Crippen LogP contribution in [0.3, 0.4) is 0 Å². The van der Waals surface area contributed by atoms with Gasteiger partial charge >= 0.3 is 0 Å². The van der Waals surface area contributed by atoms with Crippen LogP contribution in [-0.4, -0.2) is 7.05 Å². The highest BCUT2D eigenvalue weighted by Crippen LogP contribution is 2.16. The van der Waals surface area contributed by atoms with Crippen LogP contribution in [0.15, 0.2) is 30.3 Å². The van der Waals surface area contributed by atoms with E-state index >= 15 is 0 Å². The van der Waals surface area contributed by atoms with E-state index in [1.54, 1.807) is 0 Å². The fourth-order valence-electron chi connectivity index (χ4n) is 1.45. The van der Waals surface area contributed by atoms with Crippen molar-refractivity contribution in [1.82, 2.24) is 5.32 Å². The molecule has 0 saturated heterocycles. The lowest BCUT2D eigenvalue weighted by Crippen LogP contribution is -2.15. The average Bonchev–Trinajstić information content (AvgIpc) is 2.15. The molecule has 1 atom stereocenters. The van der Waals surface area contributed by atoms with Crippen molar-refractivity contribution >= 4 is 12.4 Å². The van der Waals surface area contributed by atoms with Gasteiger partial charge in [-0.1, -0.05) is 43.7 Å². The van der Waals surface area contributed by atoms with Crippen LogP contribution in [0, 0.1) is 0 Å². The molecule has 1 nitrogen and oxygen atoms in total. The zero-order valence-corrected chi connectivity index (χ0v) is 9.10. The van der Waals surface area contributed by atoms with Crippen molar-refractivity contribution in [1.29, 1.82) is 0 Å². The fraction of sp³-hybridized carbons (Fsp3) is 0.455. The van der Waals surface area contributed by atoms with Gasteiger partial charge in [0.25, 0.3) is 0 Å². The molecule has 13 heavy (non-hydrogen) atoms. The SMILES string of the molecule is CCCC(NC)c1ccccc1.Cl. The second-order valence-electron chi connectivity index (χ2n) is 3.04. The van der Waals surface area contributed by atoms with Gasteiger partial charge in [-0.2, -0.15) is 0 Å². The second kappa shape index (κ2) is 6.93. The van der Waals surface area contributed by atoms with Gasteiger partial charge in [-0.3, -0.25) is 0 Å². The Morgan fingerprint density at radius 1 is 1.23 bits per heavy atom. The molecular formula is C11H18ClN. The first kappa shape index (κ1) is 12.5. The predicted octanol–water partition coefficient (Wildman–Crippen LogP) is 3.17. The average molecular weight is 200 g/mol. The molecule has 1 aromatic rings. The van der Waals surface area contributed by atoms with E-state index in [2.05, 4.69) is 42.6 Å². The molecule has 0 aromatic heterocycles. The number of hydrogen-bond donors (Lipinski definition) is 1. The fourth-order valence-corrected chi connectivity index (χ4v) is 1.45. The van der Waals surface area contributed by atoms with Crippen molar-refractivity contribution in [3.8, 4) is 0 Å². The summed E-state index contributed by atoms with van der Waals surface area (Å²) in [4.78, 5) is 0. The third-order valence-corrected chi connectivity index (χ3v) is 2.13. The third-order valence-electron chi connectivity index (χ3n) is 2.13. The second-order valence-corrected chi connectivity index (χ2v) is 3.04. The van der Waals surface area contributed by atoms with Gasteiger partial charge in [0.1, 0.15) is 0 Å². The third kappa shape index (κ3) is 3.79. The molecule has 1 N–H and O–H groups in total. The topological polar surface area (TPSA) is 12.0 Å². The van der Waals surface area contributed by atoms with E-state index in [4.69, 9.17) is 0 Å². The molecular weight excluding hydrogens is 182 g/mol. The summed E-state index contributed by atoms with van der Waals surface area (Å²) in [5.74, 6) is 0. The molecule has 0 aliphatic rings. The zero-order chi connectivity index (χ0) is 8.81. The molecule has 0 fully saturated rings. The van der Waals surface area contributed by atoms with Crippen LogP contribution in [0.25, 0.3) is 0 Å². The summed E-state index contributed by atoms with van der Waals surface area (Å²) in [6.07, 6.45) is 2.43. The van der Waals surface area contributed by atoms with Crippen LogP contribution >= 0.6 is 12.4 Å². The highest BCUT2D eigenvalue weighted by atomic mass is 35.5. The molecule has 0 aliphatic carbocycles. The van der Waals surface area contributed by atoms with Crippen molar-refractivity contribution in [2.45, 2.75) is 25.8 Å². The Morgan fingerprint density at radius 3 is 2.31 bits per heavy atom. The van der Waals surface area contributed by atoms with Gasteiger partial charge in [0, 0.05) is 6.04 Å². The Labute approximate surface area is 87.0 Å². The predicted molar refractivity (Wildman–Crippen MR) is 60.4 cm³/mol. The van der Waals surface area contributed by atoms with Crippen LogP contribution in [0.1, 0.15) is 31.4 Å². The summed E-state index contributed by atoms with van der Waals surface area (Å²) in [5, 5.41) is 3.32. The van der Waals surface area contributed by atoms with Crippen molar-refractivity contribution < 1.29 is 0 Å². The summed E-state index contributed by atoms with van der Waals surface area (Å²) in [5.41, 5.74) is 1.39. The number of halogens is 1. The van der Waals surface area contributed by atoms with Gasteiger partial charge in [-0.25, -0.2) is 0 Å². The minimum atomic E-state index is 0. The molecule has 0 aliphatic heterocycles. The standard InChI is InChI=1S/C11H17N.ClH/c1-3-7-11(12-2)10-8-5-4-6-9-10;/h4-6,8-9,11-12H,3,7H2,1-2H3;1H. The minimum absolute atomic E-state index is 0. The summed E-state index contributed by atoms with van der Waals surface area (Å²) in [6.45, 7) is 2.22. The first-order chi connectivity index (χ1) is 5.88. The van der Waals surface area contributed by atoms with Crippen LogP contribution < -0.4 is 5.32 Å². The Bertz CT molecular complexity index is 211. The van der Waals surface area contributed by atoms with Crippen molar-refractivity contribution in [3.05, 3.63) is 35.9 Å².